The second-order valence-electron chi connectivity index (χ2n) is 8.05. The lowest BCUT2D eigenvalue weighted by Crippen LogP contribution is -2.34. The molecule has 31 heavy (non-hydrogen) atoms. The molecule has 1 aliphatic rings. The molecule has 0 saturated carbocycles. The van der Waals surface area contributed by atoms with Gasteiger partial charge in [0, 0.05) is 41.6 Å². The zero-order valence-corrected chi connectivity index (χ0v) is 18.6. The molecule has 2 N–H and O–H groups in total. The van der Waals surface area contributed by atoms with Crippen LogP contribution in [0.4, 0.5) is 30.6 Å². The van der Waals surface area contributed by atoms with Crippen molar-refractivity contribution in [3.63, 3.8) is 0 Å². The van der Waals surface area contributed by atoms with Crippen LogP contribution in [0.1, 0.15) is 31.4 Å². The molecular formula is C19H22ClF3N4O3S. The number of nitrogens with one attached hydrogen (secondary N) is 1. The third-order valence-corrected chi connectivity index (χ3v) is 6.64. The van der Waals surface area contributed by atoms with Gasteiger partial charge in [-0.1, -0.05) is 0 Å². The van der Waals surface area contributed by atoms with Crippen molar-refractivity contribution >= 4 is 37.2 Å². The summed E-state index contributed by atoms with van der Waals surface area (Å²) in [7, 11) is 1.43. The van der Waals surface area contributed by atoms with E-state index in [1.54, 1.807) is 20.8 Å². The van der Waals surface area contributed by atoms with Gasteiger partial charge in [-0.2, -0.15) is 18.2 Å². The Morgan fingerprint density at radius 3 is 2.48 bits per heavy atom. The highest BCUT2D eigenvalue weighted by Crippen LogP contribution is 2.39. The predicted molar refractivity (Wildman–Crippen MR) is 111 cm³/mol. The summed E-state index contributed by atoms with van der Waals surface area (Å²) < 4.78 is 63.6. The number of benzene rings is 1. The summed E-state index contributed by atoms with van der Waals surface area (Å²) in [4.78, 5) is 9.29. The molecular weight excluding hydrogens is 457 g/mol. The van der Waals surface area contributed by atoms with Gasteiger partial charge in [0.15, 0.2) is 0 Å². The first-order valence-corrected chi connectivity index (χ1v) is 11.7. The fourth-order valence-electron chi connectivity index (χ4n) is 3.45. The fraction of sp³-hybridized carbons (Fsp3) is 0.474. The first-order chi connectivity index (χ1) is 14.2. The number of alkyl halides is 3. The van der Waals surface area contributed by atoms with Crippen LogP contribution in [0.2, 0.25) is 0 Å². The minimum Gasteiger partial charge on any atom is -0.390 e. The molecule has 1 fully saturated rings. The number of halogens is 4. The summed E-state index contributed by atoms with van der Waals surface area (Å²) in [6, 6.07) is 4.05. The van der Waals surface area contributed by atoms with Crippen molar-refractivity contribution in [2.45, 2.75) is 43.9 Å². The lowest BCUT2D eigenvalue weighted by molar-refractivity contribution is -0.137. The highest BCUT2D eigenvalue weighted by Gasteiger charge is 2.40. The Balaban J connectivity index is 1.94. The van der Waals surface area contributed by atoms with E-state index >= 15 is 0 Å². The molecule has 170 valence electrons. The van der Waals surface area contributed by atoms with E-state index in [1.807, 2.05) is 0 Å². The number of nitrogens with zero attached hydrogens (tertiary/aromatic N) is 3. The summed E-state index contributed by atoms with van der Waals surface area (Å²) in [5.41, 5.74) is -1.07. The molecule has 0 amide bonds. The van der Waals surface area contributed by atoms with Crippen molar-refractivity contribution in [1.29, 1.82) is 0 Å². The number of aromatic nitrogens is 2. The van der Waals surface area contributed by atoms with Crippen molar-refractivity contribution in [2.24, 2.45) is 5.92 Å². The van der Waals surface area contributed by atoms with E-state index in [1.165, 1.54) is 23.1 Å². The average Bonchev–Trinajstić information content (AvgIpc) is 3.12. The Bertz CT molecular complexity index is 1090. The second-order valence-corrected chi connectivity index (χ2v) is 10.6. The molecule has 7 nitrogen and oxygen atoms in total. The Labute approximate surface area is 182 Å². The highest BCUT2D eigenvalue weighted by atomic mass is 35.7. The van der Waals surface area contributed by atoms with Crippen LogP contribution in [0.5, 0.6) is 0 Å². The Kier molecular flexibility index (Phi) is 6.16. The lowest BCUT2D eigenvalue weighted by atomic mass is 9.90. The van der Waals surface area contributed by atoms with Crippen molar-refractivity contribution in [2.75, 3.05) is 23.3 Å². The van der Waals surface area contributed by atoms with Crippen molar-refractivity contribution in [3.8, 4) is 0 Å². The summed E-state index contributed by atoms with van der Waals surface area (Å²) in [6.45, 7) is 5.42. The largest absolute Gasteiger partial charge is 0.421 e. The molecule has 2 heterocycles. The number of aryl methyl sites for hydroxylation is 1. The van der Waals surface area contributed by atoms with Gasteiger partial charge in [-0.3, -0.25) is 0 Å². The van der Waals surface area contributed by atoms with Crippen LogP contribution in [0.25, 0.3) is 0 Å². The minimum absolute atomic E-state index is 0.0701. The summed E-state index contributed by atoms with van der Waals surface area (Å²) in [6.07, 6.45) is -3.40. The standard InChI is InChI=1S/C19H22ClF3N4O3S/c1-11-8-13(31(20,29)30)4-5-15(11)25-17-24-9-14(19(21,22)23)16(26-17)27-7-6-12(10-27)18(2,3)28/h4-5,8-9,12,28H,6-7,10H2,1-3H3,(H,24,25,26)/t12-/m0/s1. The van der Waals surface area contributed by atoms with E-state index in [0.717, 1.165) is 6.20 Å². The normalized spacial score (nSPS) is 17.8. The first kappa shape index (κ1) is 23.6. The smallest absolute Gasteiger partial charge is 0.390 e. The molecule has 0 aliphatic carbocycles. The van der Waals surface area contributed by atoms with Crippen LogP contribution in [0.15, 0.2) is 29.3 Å². The molecule has 0 bridgehead atoms. The van der Waals surface area contributed by atoms with E-state index in [4.69, 9.17) is 10.7 Å². The van der Waals surface area contributed by atoms with E-state index in [-0.39, 0.29) is 29.1 Å². The maximum absolute atomic E-state index is 13.6. The van der Waals surface area contributed by atoms with Gasteiger partial charge in [0.25, 0.3) is 9.05 Å². The minimum atomic E-state index is -4.65. The van der Waals surface area contributed by atoms with Gasteiger partial charge < -0.3 is 15.3 Å². The van der Waals surface area contributed by atoms with Gasteiger partial charge in [0.05, 0.1) is 10.5 Å². The third kappa shape index (κ3) is 5.39. The Morgan fingerprint density at radius 2 is 1.97 bits per heavy atom. The topological polar surface area (TPSA) is 95.4 Å². The molecule has 1 aromatic carbocycles. The lowest BCUT2D eigenvalue weighted by Gasteiger charge is -2.27. The molecule has 0 radical (unpaired) electrons. The van der Waals surface area contributed by atoms with E-state index in [9.17, 15) is 26.7 Å². The van der Waals surface area contributed by atoms with E-state index in [0.29, 0.717) is 24.2 Å². The number of aliphatic hydroxyl groups is 1. The molecule has 1 aromatic heterocycles. The fourth-order valence-corrected chi connectivity index (χ4v) is 4.29. The van der Waals surface area contributed by atoms with Crippen LogP contribution in [0, 0.1) is 12.8 Å². The third-order valence-electron chi connectivity index (χ3n) is 5.29. The summed E-state index contributed by atoms with van der Waals surface area (Å²) in [5, 5.41) is 13.1. The number of hydrogen-bond donors (Lipinski definition) is 2. The Morgan fingerprint density at radius 1 is 1.29 bits per heavy atom. The van der Waals surface area contributed by atoms with Crippen LogP contribution < -0.4 is 10.2 Å². The van der Waals surface area contributed by atoms with Crippen molar-refractivity contribution in [1.82, 2.24) is 9.97 Å². The highest BCUT2D eigenvalue weighted by molar-refractivity contribution is 8.13. The second kappa shape index (κ2) is 8.10. The van der Waals surface area contributed by atoms with Gasteiger partial charge in [0.1, 0.15) is 11.4 Å². The molecule has 2 aromatic rings. The van der Waals surface area contributed by atoms with Crippen LogP contribution in [-0.4, -0.2) is 42.2 Å². The van der Waals surface area contributed by atoms with E-state index < -0.39 is 26.4 Å². The summed E-state index contributed by atoms with van der Waals surface area (Å²) >= 11 is 0. The van der Waals surface area contributed by atoms with Crippen LogP contribution in [-0.2, 0) is 15.2 Å². The molecule has 1 aliphatic heterocycles. The molecule has 1 atom stereocenters. The zero-order chi connectivity index (χ0) is 23.2. The molecule has 1 saturated heterocycles. The average molecular weight is 479 g/mol. The van der Waals surface area contributed by atoms with Gasteiger partial charge in [0.2, 0.25) is 5.95 Å². The molecule has 0 unspecified atom stereocenters. The monoisotopic (exact) mass is 478 g/mol. The van der Waals surface area contributed by atoms with Gasteiger partial charge in [-0.05, 0) is 51.0 Å². The Hall–Kier alpha value is -2.11. The SMILES string of the molecule is Cc1cc(S(=O)(=O)Cl)ccc1Nc1ncc(C(F)(F)F)c(N2CC[C@H](C(C)(C)O)C2)n1. The van der Waals surface area contributed by atoms with Crippen molar-refractivity contribution < 1.29 is 26.7 Å². The van der Waals surface area contributed by atoms with Gasteiger partial charge in [-0.25, -0.2) is 13.4 Å². The number of rotatable bonds is 5. The number of hydrogen-bond acceptors (Lipinski definition) is 7. The zero-order valence-electron chi connectivity index (χ0n) is 17.0. The maximum Gasteiger partial charge on any atom is 0.421 e. The van der Waals surface area contributed by atoms with Gasteiger partial charge in [-0.15, -0.1) is 0 Å². The first-order valence-electron chi connectivity index (χ1n) is 9.40. The number of anilines is 3. The molecule has 12 heteroatoms. The van der Waals surface area contributed by atoms with Crippen LogP contribution in [0.3, 0.4) is 0 Å². The predicted octanol–water partition coefficient (Wildman–Crippen LogP) is 4.07. The van der Waals surface area contributed by atoms with Crippen molar-refractivity contribution in [3.05, 3.63) is 35.5 Å². The quantitative estimate of drug-likeness (QED) is 0.625. The molecule has 3 rings (SSSR count). The summed E-state index contributed by atoms with van der Waals surface area (Å²) in [5.74, 6) is -0.541. The van der Waals surface area contributed by atoms with Crippen LogP contribution >= 0.6 is 10.7 Å². The van der Waals surface area contributed by atoms with Gasteiger partial charge >= 0.3 is 6.18 Å². The molecule has 0 spiro atoms. The van der Waals surface area contributed by atoms with E-state index in [2.05, 4.69) is 15.3 Å². The maximum atomic E-state index is 13.6.